The second-order valence-corrected chi connectivity index (χ2v) is 8.22. The molecule has 0 fully saturated rings. The first-order valence-electron chi connectivity index (χ1n) is 11.7. The van der Waals surface area contributed by atoms with Gasteiger partial charge in [-0.1, -0.05) is 44.2 Å². The van der Waals surface area contributed by atoms with E-state index in [1.807, 2.05) is 55.5 Å². The predicted molar refractivity (Wildman–Crippen MR) is 136 cm³/mol. The number of anilines is 3. The standard InChI is InChI=1S/C26H32N6O2/c1-5-31(6-2)15-16-34-23-14-10-8-12-21(23)29-25-20-17-27-18-28-24(20)30(4)26(33)32(25)22-13-9-7-11-19(22)3/h7-14,17-18,25,29H,5-6,15-16H2,1-4H3. The van der Waals surface area contributed by atoms with Crippen molar-refractivity contribution >= 4 is 23.2 Å². The summed E-state index contributed by atoms with van der Waals surface area (Å²) in [6, 6.07) is 15.5. The highest BCUT2D eigenvalue weighted by atomic mass is 16.5. The first kappa shape index (κ1) is 23.5. The molecule has 0 spiro atoms. The van der Waals surface area contributed by atoms with Gasteiger partial charge in [0.2, 0.25) is 0 Å². The lowest BCUT2D eigenvalue weighted by molar-refractivity contribution is 0.223. The number of fused-ring (bicyclic) bond motifs is 1. The molecule has 4 rings (SSSR count). The van der Waals surface area contributed by atoms with E-state index in [1.54, 1.807) is 23.0 Å². The van der Waals surface area contributed by atoms with E-state index in [1.165, 1.54) is 6.33 Å². The van der Waals surface area contributed by atoms with Gasteiger partial charge < -0.3 is 15.0 Å². The molecule has 2 heterocycles. The van der Waals surface area contributed by atoms with Crippen molar-refractivity contribution in [3.05, 3.63) is 72.2 Å². The summed E-state index contributed by atoms with van der Waals surface area (Å²) >= 11 is 0. The van der Waals surface area contributed by atoms with Crippen molar-refractivity contribution in [1.29, 1.82) is 0 Å². The number of carbonyl (C=O) groups excluding carboxylic acids is 1. The van der Waals surface area contributed by atoms with E-state index < -0.39 is 6.17 Å². The Morgan fingerprint density at radius 2 is 1.82 bits per heavy atom. The molecule has 2 amide bonds. The van der Waals surface area contributed by atoms with Crippen LogP contribution in [0.3, 0.4) is 0 Å². The van der Waals surface area contributed by atoms with Gasteiger partial charge in [-0.05, 0) is 43.8 Å². The largest absolute Gasteiger partial charge is 0.490 e. The molecule has 1 N–H and O–H groups in total. The molecule has 1 aliphatic heterocycles. The van der Waals surface area contributed by atoms with Crippen LogP contribution in [0.1, 0.15) is 31.1 Å². The summed E-state index contributed by atoms with van der Waals surface area (Å²) in [7, 11) is 1.74. The summed E-state index contributed by atoms with van der Waals surface area (Å²) in [6.45, 7) is 9.69. The van der Waals surface area contributed by atoms with Crippen LogP contribution in [0.4, 0.5) is 22.0 Å². The minimum absolute atomic E-state index is 0.169. The van der Waals surface area contributed by atoms with E-state index in [9.17, 15) is 4.79 Å². The summed E-state index contributed by atoms with van der Waals surface area (Å²) < 4.78 is 6.16. The first-order valence-corrected chi connectivity index (χ1v) is 11.7. The van der Waals surface area contributed by atoms with Gasteiger partial charge in [0.15, 0.2) is 0 Å². The van der Waals surface area contributed by atoms with E-state index in [-0.39, 0.29) is 6.03 Å². The third-order valence-corrected chi connectivity index (χ3v) is 6.20. The van der Waals surface area contributed by atoms with Crippen LogP contribution in [0.25, 0.3) is 0 Å². The maximum atomic E-state index is 13.6. The van der Waals surface area contributed by atoms with E-state index in [4.69, 9.17) is 4.74 Å². The van der Waals surface area contributed by atoms with Crippen molar-refractivity contribution in [2.45, 2.75) is 26.9 Å². The van der Waals surface area contributed by atoms with Gasteiger partial charge in [-0.2, -0.15) is 0 Å². The normalized spacial score (nSPS) is 15.4. The van der Waals surface area contributed by atoms with Crippen molar-refractivity contribution in [2.24, 2.45) is 0 Å². The number of nitrogens with zero attached hydrogens (tertiary/aromatic N) is 5. The van der Waals surface area contributed by atoms with Gasteiger partial charge in [0, 0.05) is 19.8 Å². The fourth-order valence-electron chi connectivity index (χ4n) is 4.21. The number of urea groups is 1. The summed E-state index contributed by atoms with van der Waals surface area (Å²) in [6.07, 6.45) is 2.72. The van der Waals surface area contributed by atoms with Crippen molar-refractivity contribution in [3.8, 4) is 5.75 Å². The van der Waals surface area contributed by atoms with Crippen LogP contribution in [0.5, 0.6) is 5.75 Å². The number of aryl methyl sites for hydroxylation is 1. The van der Waals surface area contributed by atoms with Gasteiger partial charge in [-0.15, -0.1) is 0 Å². The molecular weight excluding hydrogens is 428 g/mol. The van der Waals surface area contributed by atoms with Crippen LogP contribution in [-0.4, -0.2) is 54.2 Å². The lowest BCUT2D eigenvalue weighted by atomic mass is 10.1. The maximum Gasteiger partial charge on any atom is 0.331 e. The summed E-state index contributed by atoms with van der Waals surface area (Å²) in [5, 5.41) is 3.56. The molecule has 34 heavy (non-hydrogen) atoms. The SMILES string of the molecule is CCN(CC)CCOc1ccccc1NC1c2cncnc2N(C)C(=O)N1c1ccccc1C. The Bertz CT molecular complexity index is 1130. The van der Waals surface area contributed by atoms with E-state index in [0.29, 0.717) is 12.4 Å². The molecule has 0 bridgehead atoms. The van der Waals surface area contributed by atoms with Crippen molar-refractivity contribution in [1.82, 2.24) is 14.9 Å². The van der Waals surface area contributed by atoms with E-state index >= 15 is 0 Å². The van der Waals surface area contributed by atoms with Crippen LogP contribution >= 0.6 is 0 Å². The fraction of sp³-hybridized carbons (Fsp3) is 0.346. The number of hydrogen-bond acceptors (Lipinski definition) is 6. The van der Waals surface area contributed by atoms with Gasteiger partial charge in [0.25, 0.3) is 0 Å². The van der Waals surface area contributed by atoms with Gasteiger partial charge in [0.05, 0.1) is 16.9 Å². The third kappa shape index (κ3) is 4.68. The number of rotatable bonds is 9. The quantitative estimate of drug-likeness (QED) is 0.499. The molecule has 1 unspecified atom stereocenters. The van der Waals surface area contributed by atoms with Gasteiger partial charge in [0.1, 0.15) is 30.7 Å². The Morgan fingerprint density at radius 1 is 1.09 bits per heavy atom. The van der Waals surface area contributed by atoms with Gasteiger partial charge in [-0.3, -0.25) is 9.80 Å². The minimum atomic E-state index is -0.506. The predicted octanol–water partition coefficient (Wildman–Crippen LogP) is 4.69. The highest BCUT2D eigenvalue weighted by Crippen LogP contribution is 2.40. The molecule has 3 aromatic rings. The van der Waals surface area contributed by atoms with E-state index in [0.717, 1.165) is 47.9 Å². The van der Waals surface area contributed by atoms with Crippen LogP contribution in [-0.2, 0) is 0 Å². The molecule has 0 radical (unpaired) electrons. The third-order valence-electron chi connectivity index (χ3n) is 6.20. The smallest absolute Gasteiger partial charge is 0.331 e. The van der Waals surface area contributed by atoms with Gasteiger partial charge in [-0.25, -0.2) is 14.8 Å². The van der Waals surface area contributed by atoms with Crippen LogP contribution in [0, 0.1) is 6.92 Å². The Hall–Kier alpha value is -3.65. The molecule has 0 saturated heterocycles. The zero-order chi connectivity index (χ0) is 24.1. The molecule has 0 saturated carbocycles. The topological polar surface area (TPSA) is 73.8 Å². The number of hydrogen-bond donors (Lipinski definition) is 1. The fourth-order valence-corrected chi connectivity index (χ4v) is 4.21. The number of likely N-dealkylation sites (N-methyl/N-ethyl adjacent to an activating group) is 1. The molecule has 1 atom stereocenters. The van der Waals surface area contributed by atoms with E-state index in [2.05, 4.69) is 34.0 Å². The first-order chi connectivity index (χ1) is 16.5. The van der Waals surface area contributed by atoms with Gasteiger partial charge >= 0.3 is 6.03 Å². The number of amides is 2. The van der Waals surface area contributed by atoms with Crippen molar-refractivity contribution in [2.75, 3.05) is 48.4 Å². The Balaban J connectivity index is 1.70. The average Bonchev–Trinajstić information content (AvgIpc) is 2.87. The molecule has 2 aromatic carbocycles. The van der Waals surface area contributed by atoms with Crippen molar-refractivity contribution < 1.29 is 9.53 Å². The van der Waals surface area contributed by atoms with Crippen LogP contribution in [0.2, 0.25) is 0 Å². The van der Waals surface area contributed by atoms with Crippen LogP contribution in [0.15, 0.2) is 61.1 Å². The number of benzene rings is 2. The molecule has 8 nitrogen and oxygen atoms in total. The molecule has 8 heteroatoms. The molecule has 178 valence electrons. The zero-order valence-electron chi connectivity index (χ0n) is 20.2. The van der Waals surface area contributed by atoms with Crippen LogP contribution < -0.4 is 19.9 Å². The number of ether oxygens (including phenoxy) is 1. The summed E-state index contributed by atoms with van der Waals surface area (Å²) in [5.74, 6) is 1.33. The second kappa shape index (κ2) is 10.5. The number of nitrogens with one attached hydrogen (secondary N) is 1. The lowest BCUT2D eigenvalue weighted by Gasteiger charge is -2.41. The van der Waals surface area contributed by atoms with Crippen molar-refractivity contribution in [3.63, 3.8) is 0 Å². The summed E-state index contributed by atoms with van der Waals surface area (Å²) in [5.41, 5.74) is 3.44. The number of carbonyl (C=O) groups is 1. The maximum absolute atomic E-state index is 13.6. The molecule has 1 aromatic heterocycles. The number of aromatic nitrogens is 2. The molecule has 1 aliphatic rings. The lowest BCUT2D eigenvalue weighted by Crippen LogP contribution is -2.51. The average molecular weight is 461 g/mol. The minimum Gasteiger partial charge on any atom is -0.490 e. The summed E-state index contributed by atoms with van der Waals surface area (Å²) in [4.78, 5) is 27.8. The number of para-hydroxylation sites is 3. The highest BCUT2D eigenvalue weighted by molar-refractivity contribution is 6.06. The monoisotopic (exact) mass is 460 g/mol. The zero-order valence-corrected chi connectivity index (χ0v) is 20.2. The second-order valence-electron chi connectivity index (χ2n) is 8.22. The molecular formula is C26H32N6O2. The Labute approximate surface area is 201 Å². The Morgan fingerprint density at radius 3 is 2.59 bits per heavy atom. The highest BCUT2D eigenvalue weighted by Gasteiger charge is 2.39. The molecule has 0 aliphatic carbocycles. The Kier molecular flexibility index (Phi) is 7.27.